The molecule has 1 amide bonds. The third-order valence-electron chi connectivity index (χ3n) is 5.68. The first-order valence-electron chi connectivity index (χ1n) is 10.9. The first-order chi connectivity index (χ1) is 16.2. The molecule has 0 saturated heterocycles. The van der Waals surface area contributed by atoms with Gasteiger partial charge in [-0.15, -0.1) is 0 Å². The molecule has 4 aromatic rings. The van der Waals surface area contributed by atoms with Crippen molar-refractivity contribution in [2.24, 2.45) is 0 Å². The first kappa shape index (κ1) is 24.0. The number of rotatable bonds is 8. The van der Waals surface area contributed by atoms with Gasteiger partial charge in [-0.2, -0.15) is 0 Å². The molecule has 0 unspecified atom stereocenters. The number of aromatic nitrogens is 1. The molecule has 1 heterocycles. The Morgan fingerprint density at radius 3 is 2.38 bits per heavy atom. The highest BCUT2D eigenvalue weighted by Gasteiger charge is 2.22. The van der Waals surface area contributed by atoms with Crippen LogP contribution in [0.3, 0.4) is 0 Å². The molecule has 5 nitrogen and oxygen atoms in total. The maximum absolute atomic E-state index is 13.3. The maximum Gasteiger partial charge on any atom is 0.229 e. The number of thiazole rings is 1. The van der Waals surface area contributed by atoms with Crippen molar-refractivity contribution in [1.82, 2.24) is 4.98 Å². The maximum atomic E-state index is 13.3. The number of sulfone groups is 1. The van der Waals surface area contributed by atoms with Gasteiger partial charge in [0.05, 0.1) is 27.4 Å². The van der Waals surface area contributed by atoms with Gasteiger partial charge in [-0.05, 0) is 73.4 Å². The second kappa shape index (κ2) is 10.0. The molecule has 8 heteroatoms. The molecule has 0 aliphatic rings. The smallest absolute Gasteiger partial charge is 0.229 e. The summed E-state index contributed by atoms with van der Waals surface area (Å²) < 4.78 is 39.3. The number of aryl methyl sites for hydroxylation is 2. The zero-order chi connectivity index (χ0) is 24.3. The van der Waals surface area contributed by atoms with Crippen LogP contribution < -0.4 is 4.90 Å². The molecule has 0 N–H and O–H groups in total. The molecule has 0 aliphatic carbocycles. The van der Waals surface area contributed by atoms with E-state index in [1.54, 1.807) is 4.90 Å². The molecular formula is C26H25FN2O3S2. The normalized spacial score (nSPS) is 11.6. The lowest BCUT2D eigenvalue weighted by atomic mass is 10.1. The highest BCUT2D eigenvalue weighted by Crippen LogP contribution is 2.32. The van der Waals surface area contributed by atoms with Crippen LogP contribution in [0.25, 0.3) is 10.2 Å². The van der Waals surface area contributed by atoms with E-state index >= 15 is 0 Å². The average Bonchev–Trinajstić information content (AvgIpc) is 3.20. The standard InChI is InChI=1S/C26H25FN2O3S2/c1-18-15-23-24(16-19(18)2)33-26(28-23)29(17-20-7-4-3-5-8-20)25(30)9-6-14-34(31,32)22-12-10-21(27)11-13-22/h3-5,7-8,10-13,15-16H,6,9,14,17H2,1-2H3. The lowest BCUT2D eigenvalue weighted by Crippen LogP contribution is -2.30. The molecule has 176 valence electrons. The lowest BCUT2D eigenvalue weighted by molar-refractivity contribution is -0.118. The van der Waals surface area contributed by atoms with Crippen molar-refractivity contribution < 1.29 is 17.6 Å². The second-order valence-corrected chi connectivity index (χ2v) is 11.4. The van der Waals surface area contributed by atoms with Crippen molar-refractivity contribution in [2.75, 3.05) is 10.7 Å². The lowest BCUT2D eigenvalue weighted by Gasteiger charge is -2.20. The Morgan fingerprint density at radius 2 is 1.68 bits per heavy atom. The van der Waals surface area contributed by atoms with Gasteiger partial charge in [-0.3, -0.25) is 9.69 Å². The Balaban J connectivity index is 1.54. The summed E-state index contributed by atoms with van der Waals surface area (Å²) >= 11 is 1.45. The van der Waals surface area contributed by atoms with Crippen LogP contribution in [0.15, 0.2) is 71.6 Å². The van der Waals surface area contributed by atoms with Crippen molar-refractivity contribution in [3.05, 3.63) is 89.2 Å². The fourth-order valence-corrected chi connectivity index (χ4v) is 5.99. The van der Waals surface area contributed by atoms with Crippen LogP contribution in [0.2, 0.25) is 0 Å². The summed E-state index contributed by atoms with van der Waals surface area (Å²) in [6, 6.07) is 18.5. The summed E-state index contributed by atoms with van der Waals surface area (Å²) in [6.45, 7) is 4.42. The molecule has 3 aromatic carbocycles. The molecule has 0 spiro atoms. The number of anilines is 1. The van der Waals surface area contributed by atoms with E-state index in [1.807, 2.05) is 50.2 Å². The average molecular weight is 497 g/mol. The van der Waals surface area contributed by atoms with Crippen LogP contribution in [-0.2, 0) is 21.2 Å². The number of fused-ring (bicyclic) bond motifs is 1. The van der Waals surface area contributed by atoms with Crippen molar-refractivity contribution in [2.45, 2.75) is 38.1 Å². The van der Waals surface area contributed by atoms with E-state index < -0.39 is 15.7 Å². The number of carbonyl (C=O) groups is 1. The van der Waals surface area contributed by atoms with Gasteiger partial charge in [-0.1, -0.05) is 41.7 Å². The molecule has 0 bridgehead atoms. The molecule has 34 heavy (non-hydrogen) atoms. The van der Waals surface area contributed by atoms with Crippen molar-refractivity contribution >= 4 is 42.4 Å². The van der Waals surface area contributed by atoms with Gasteiger partial charge in [0.1, 0.15) is 5.82 Å². The first-order valence-corrected chi connectivity index (χ1v) is 13.4. The van der Waals surface area contributed by atoms with Crippen LogP contribution in [0.1, 0.15) is 29.5 Å². The second-order valence-electron chi connectivity index (χ2n) is 8.24. The van der Waals surface area contributed by atoms with Gasteiger partial charge in [0, 0.05) is 6.42 Å². The van der Waals surface area contributed by atoms with Crippen LogP contribution in [0.4, 0.5) is 9.52 Å². The Kier molecular flexibility index (Phi) is 7.09. The minimum Gasteiger partial charge on any atom is -0.284 e. The van der Waals surface area contributed by atoms with Gasteiger partial charge in [0.2, 0.25) is 5.91 Å². The number of hydrogen-bond acceptors (Lipinski definition) is 5. The summed E-state index contributed by atoms with van der Waals surface area (Å²) in [7, 11) is -3.60. The quantitative estimate of drug-likeness (QED) is 0.288. The number of halogens is 1. The van der Waals surface area contributed by atoms with Crippen LogP contribution in [-0.4, -0.2) is 25.1 Å². The fourth-order valence-electron chi connectivity index (χ4n) is 3.62. The number of carbonyl (C=O) groups excluding carboxylic acids is 1. The van der Waals surface area contributed by atoms with E-state index in [4.69, 9.17) is 4.98 Å². The Labute approximate surface area is 202 Å². The van der Waals surface area contributed by atoms with Gasteiger partial charge in [-0.25, -0.2) is 17.8 Å². The van der Waals surface area contributed by atoms with E-state index in [-0.39, 0.29) is 29.4 Å². The summed E-state index contributed by atoms with van der Waals surface area (Å²) in [6.07, 6.45) is 0.216. The Hall–Kier alpha value is -3.10. The third-order valence-corrected chi connectivity index (χ3v) is 8.54. The molecule has 1 aromatic heterocycles. The SMILES string of the molecule is Cc1cc2nc(N(Cc3ccccc3)C(=O)CCCS(=O)(=O)c3ccc(F)cc3)sc2cc1C. The Morgan fingerprint density at radius 1 is 1.00 bits per heavy atom. The van der Waals surface area contributed by atoms with Crippen molar-refractivity contribution in [3.8, 4) is 0 Å². The minimum atomic E-state index is -3.60. The number of amides is 1. The van der Waals surface area contributed by atoms with E-state index in [0.29, 0.717) is 11.7 Å². The summed E-state index contributed by atoms with van der Waals surface area (Å²) in [5, 5.41) is 0.593. The molecule has 0 fully saturated rings. The molecule has 0 atom stereocenters. The van der Waals surface area contributed by atoms with E-state index in [0.717, 1.165) is 39.0 Å². The molecule has 0 aliphatic heterocycles. The molecular weight excluding hydrogens is 471 g/mol. The van der Waals surface area contributed by atoms with Gasteiger partial charge >= 0.3 is 0 Å². The Bertz CT molecular complexity index is 1380. The largest absolute Gasteiger partial charge is 0.284 e. The van der Waals surface area contributed by atoms with Crippen molar-refractivity contribution in [3.63, 3.8) is 0 Å². The summed E-state index contributed by atoms with van der Waals surface area (Å²) in [4.78, 5) is 19.7. The molecule has 4 rings (SSSR count). The van der Waals surface area contributed by atoms with E-state index in [9.17, 15) is 17.6 Å². The molecule has 0 saturated carbocycles. The third kappa shape index (κ3) is 5.51. The zero-order valence-electron chi connectivity index (χ0n) is 19.0. The zero-order valence-corrected chi connectivity index (χ0v) is 20.6. The highest BCUT2D eigenvalue weighted by atomic mass is 32.2. The number of hydrogen-bond donors (Lipinski definition) is 0. The van der Waals surface area contributed by atoms with E-state index in [1.165, 1.54) is 23.5 Å². The summed E-state index contributed by atoms with van der Waals surface area (Å²) in [5.74, 6) is -0.875. The number of benzene rings is 3. The summed E-state index contributed by atoms with van der Waals surface area (Å²) in [5.41, 5.74) is 4.10. The van der Waals surface area contributed by atoms with Crippen LogP contribution in [0.5, 0.6) is 0 Å². The van der Waals surface area contributed by atoms with Gasteiger partial charge < -0.3 is 0 Å². The minimum absolute atomic E-state index is 0.0550. The predicted molar refractivity (Wildman–Crippen MR) is 134 cm³/mol. The monoisotopic (exact) mass is 496 g/mol. The predicted octanol–water partition coefficient (Wildman–Crippen LogP) is 5.84. The highest BCUT2D eigenvalue weighted by molar-refractivity contribution is 7.91. The van der Waals surface area contributed by atoms with Crippen LogP contribution in [0, 0.1) is 19.7 Å². The molecule has 0 radical (unpaired) electrons. The van der Waals surface area contributed by atoms with E-state index in [2.05, 4.69) is 6.07 Å². The topological polar surface area (TPSA) is 67.3 Å². The number of nitrogens with zero attached hydrogens (tertiary/aromatic N) is 2. The fraction of sp³-hybridized carbons (Fsp3) is 0.231. The van der Waals surface area contributed by atoms with Crippen LogP contribution >= 0.6 is 11.3 Å². The van der Waals surface area contributed by atoms with Gasteiger partial charge in [0.25, 0.3) is 0 Å². The van der Waals surface area contributed by atoms with Crippen molar-refractivity contribution in [1.29, 1.82) is 0 Å². The van der Waals surface area contributed by atoms with Gasteiger partial charge in [0.15, 0.2) is 15.0 Å².